The van der Waals surface area contributed by atoms with E-state index in [1.54, 1.807) is 0 Å². The van der Waals surface area contributed by atoms with Crippen LogP contribution in [0.15, 0.2) is 6.07 Å². The lowest BCUT2D eigenvalue weighted by atomic mass is 10.3. The van der Waals surface area contributed by atoms with Gasteiger partial charge in [-0.25, -0.2) is 0 Å². The number of anilines is 1. The number of hydrogen-bond acceptors (Lipinski definition) is 3. The van der Waals surface area contributed by atoms with Gasteiger partial charge in [0.1, 0.15) is 5.69 Å². The molecule has 19 heavy (non-hydrogen) atoms. The van der Waals surface area contributed by atoms with Crippen LogP contribution < -0.4 is 5.32 Å². The Morgan fingerprint density at radius 1 is 1.32 bits per heavy atom. The summed E-state index contributed by atoms with van der Waals surface area (Å²) in [6.45, 7) is 6.02. The highest BCUT2D eigenvalue weighted by Crippen LogP contribution is 2.42. The van der Waals surface area contributed by atoms with E-state index in [1.165, 1.54) is 17.8 Å². The number of aromatic hydroxyl groups is 1. The van der Waals surface area contributed by atoms with E-state index in [0.29, 0.717) is 0 Å². The molecule has 0 radical (unpaired) electrons. The standard InChI is InChI=1S/C12H14Cl3NO2S/c1-12(2,3)19-5-8(17)16-10-9(15)6(13)4-7(14)11(10)18/h4,18H,5H2,1-3H3,(H,16,17). The molecule has 0 saturated carbocycles. The smallest absolute Gasteiger partial charge is 0.234 e. The zero-order valence-corrected chi connectivity index (χ0v) is 13.8. The van der Waals surface area contributed by atoms with E-state index in [9.17, 15) is 9.90 Å². The van der Waals surface area contributed by atoms with Crippen molar-refractivity contribution >= 4 is 58.2 Å². The molecule has 1 aromatic carbocycles. The first-order valence-electron chi connectivity index (χ1n) is 5.42. The Morgan fingerprint density at radius 2 is 1.89 bits per heavy atom. The Bertz CT molecular complexity index is 474. The van der Waals surface area contributed by atoms with E-state index in [2.05, 4.69) is 5.32 Å². The first-order chi connectivity index (χ1) is 8.61. The Morgan fingerprint density at radius 3 is 2.42 bits per heavy atom. The summed E-state index contributed by atoms with van der Waals surface area (Å²) in [5.41, 5.74) is 0.0404. The molecule has 1 rings (SSSR count). The first kappa shape index (κ1) is 16.8. The Hall–Kier alpha value is -0.290. The molecule has 0 heterocycles. The van der Waals surface area contributed by atoms with Crippen molar-refractivity contribution in [2.75, 3.05) is 11.1 Å². The molecular formula is C12H14Cl3NO2S. The summed E-state index contributed by atoms with van der Waals surface area (Å²) in [4.78, 5) is 11.8. The SMILES string of the molecule is CC(C)(C)SCC(=O)Nc1c(O)c(Cl)cc(Cl)c1Cl. The highest BCUT2D eigenvalue weighted by atomic mass is 35.5. The van der Waals surface area contributed by atoms with Gasteiger partial charge < -0.3 is 10.4 Å². The minimum absolute atomic E-state index is 0.0326. The van der Waals surface area contributed by atoms with E-state index >= 15 is 0 Å². The average Bonchev–Trinajstić information content (AvgIpc) is 2.29. The number of halogens is 3. The molecule has 0 spiro atoms. The second-order valence-corrected chi connectivity index (χ2v) is 7.82. The lowest BCUT2D eigenvalue weighted by molar-refractivity contribution is -0.113. The summed E-state index contributed by atoms with van der Waals surface area (Å²) in [7, 11) is 0. The predicted octanol–water partition coefficient (Wildman–Crippen LogP) is 4.82. The molecule has 0 aliphatic carbocycles. The molecule has 0 fully saturated rings. The molecule has 7 heteroatoms. The molecule has 1 aromatic rings. The van der Waals surface area contributed by atoms with Crippen LogP contribution in [0.4, 0.5) is 5.69 Å². The molecule has 0 unspecified atom stereocenters. The van der Waals surface area contributed by atoms with E-state index < -0.39 is 0 Å². The summed E-state index contributed by atoms with van der Waals surface area (Å²) in [6.07, 6.45) is 0. The monoisotopic (exact) mass is 341 g/mol. The van der Waals surface area contributed by atoms with Crippen LogP contribution in [0.25, 0.3) is 0 Å². The second-order valence-electron chi connectivity index (χ2n) is 4.83. The maximum Gasteiger partial charge on any atom is 0.234 e. The van der Waals surface area contributed by atoms with Crippen LogP contribution >= 0.6 is 46.6 Å². The third kappa shape index (κ3) is 4.95. The fourth-order valence-corrected chi connectivity index (χ4v) is 2.45. The molecule has 2 N–H and O–H groups in total. The molecule has 0 saturated heterocycles. The number of carbonyl (C=O) groups excluding carboxylic acids is 1. The third-order valence-electron chi connectivity index (χ3n) is 2.05. The van der Waals surface area contributed by atoms with Gasteiger partial charge >= 0.3 is 0 Å². The van der Waals surface area contributed by atoms with Crippen LogP contribution in [0.5, 0.6) is 5.75 Å². The normalized spacial score (nSPS) is 11.5. The lowest BCUT2D eigenvalue weighted by Crippen LogP contribution is -2.19. The van der Waals surface area contributed by atoms with Crippen molar-refractivity contribution in [1.29, 1.82) is 0 Å². The summed E-state index contributed by atoms with van der Waals surface area (Å²) >= 11 is 19.0. The zero-order valence-electron chi connectivity index (χ0n) is 10.7. The summed E-state index contributed by atoms with van der Waals surface area (Å²) in [6, 6.07) is 1.32. The topological polar surface area (TPSA) is 49.3 Å². The third-order valence-corrected chi connectivity index (χ3v) is 4.39. The highest BCUT2D eigenvalue weighted by Gasteiger charge is 2.18. The highest BCUT2D eigenvalue weighted by molar-refractivity contribution is 8.01. The molecule has 106 valence electrons. The van der Waals surface area contributed by atoms with Crippen LogP contribution in [-0.4, -0.2) is 21.5 Å². The van der Waals surface area contributed by atoms with Crippen LogP contribution in [0.1, 0.15) is 20.8 Å². The molecule has 0 atom stereocenters. The number of thioether (sulfide) groups is 1. The van der Waals surface area contributed by atoms with Gasteiger partial charge in [0.05, 0.1) is 20.8 Å². The first-order valence-corrected chi connectivity index (χ1v) is 7.54. The van der Waals surface area contributed by atoms with E-state index in [1.807, 2.05) is 20.8 Å². The maximum atomic E-state index is 11.8. The van der Waals surface area contributed by atoms with Crippen molar-refractivity contribution in [3.63, 3.8) is 0 Å². The molecule has 0 aromatic heterocycles. The Labute approximate surface area is 131 Å². The van der Waals surface area contributed by atoms with Gasteiger partial charge in [0.2, 0.25) is 5.91 Å². The van der Waals surface area contributed by atoms with Gasteiger partial charge in [0, 0.05) is 4.75 Å². The van der Waals surface area contributed by atoms with Gasteiger partial charge in [-0.15, -0.1) is 11.8 Å². The van der Waals surface area contributed by atoms with Gasteiger partial charge in [-0.3, -0.25) is 4.79 Å². The summed E-state index contributed by atoms with van der Waals surface area (Å²) < 4.78 is -0.0326. The van der Waals surface area contributed by atoms with Gasteiger partial charge in [0.25, 0.3) is 0 Å². The Balaban J connectivity index is 2.86. The van der Waals surface area contributed by atoms with Gasteiger partial charge in [0.15, 0.2) is 5.75 Å². The largest absolute Gasteiger partial charge is 0.504 e. The van der Waals surface area contributed by atoms with E-state index in [0.717, 1.165) is 0 Å². The minimum atomic E-state index is -0.287. The van der Waals surface area contributed by atoms with Crippen LogP contribution in [-0.2, 0) is 4.79 Å². The molecule has 0 aliphatic rings. The van der Waals surface area contributed by atoms with Crippen LogP contribution in [0.3, 0.4) is 0 Å². The van der Waals surface area contributed by atoms with Crippen molar-refractivity contribution in [3.8, 4) is 5.75 Å². The summed E-state index contributed by atoms with van der Waals surface area (Å²) in [5, 5.41) is 12.6. The molecule has 0 bridgehead atoms. The van der Waals surface area contributed by atoms with Gasteiger partial charge in [-0.2, -0.15) is 0 Å². The number of nitrogens with one attached hydrogen (secondary N) is 1. The van der Waals surface area contributed by atoms with Gasteiger partial charge in [-0.1, -0.05) is 55.6 Å². The van der Waals surface area contributed by atoms with Gasteiger partial charge in [-0.05, 0) is 6.07 Å². The molecule has 0 aliphatic heterocycles. The van der Waals surface area contributed by atoms with Crippen LogP contribution in [0.2, 0.25) is 15.1 Å². The lowest BCUT2D eigenvalue weighted by Gasteiger charge is -2.17. The minimum Gasteiger partial charge on any atom is -0.504 e. The second kappa shape index (κ2) is 6.44. The van der Waals surface area contributed by atoms with Crippen molar-refractivity contribution in [1.82, 2.24) is 0 Å². The number of carbonyl (C=O) groups is 1. The Kier molecular flexibility index (Phi) is 5.68. The predicted molar refractivity (Wildman–Crippen MR) is 84.0 cm³/mol. The molecule has 1 amide bonds. The van der Waals surface area contributed by atoms with Crippen molar-refractivity contribution in [2.24, 2.45) is 0 Å². The maximum absolute atomic E-state index is 11.8. The van der Waals surface area contributed by atoms with Crippen molar-refractivity contribution in [2.45, 2.75) is 25.5 Å². The fourth-order valence-electron chi connectivity index (χ4n) is 1.16. The van der Waals surface area contributed by atoms with Crippen LogP contribution in [0, 0.1) is 0 Å². The number of phenolic OH excluding ortho intramolecular Hbond substituents is 1. The number of phenols is 1. The van der Waals surface area contributed by atoms with E-state index in [-0.39, 0.29) is 42.9 Å². The van der Waals surface area contributed by atoms with E-state index in [4.69, 9.17) is 34.8 Å². The average molecular weight is 343 g/mol. The van der Waals surface area contributed by atoms with Crippen molar-refractivity contribution in [3.05, 3.63) is 21.1 Å². The van der Waals surface area contributed by atoms with Crippen molar-refractivity contribution < 1.29 is 9.90 Å². The number of hydrogen-bond donors (Lipinski definition) is 2. The quantitative estimate of drug-likeness (QED) is 0.611. The fraction of sp³-hybridized carbons (Fsp3) is 0.417. The molecular weight excluding hydrogens is 329 g/mol. The molecule has 3 nitrogen and oxygen atoms in total. The summed E-state index contributed by atoms with van der Waals surface area (Å²) in [5.74, 6) is -0.329. The number of rotatable bonds is 3. The number of benzene rings is 1. The number of amides is 1. The zero-order chi connectivity index (χ0) is 14.8.